The van der Waals surface area contributed by atoms with Crippen LogP contribution < -0.4 is 4.90 Å². The van der Waals surface area contributed by atoms with Gasteiger partial charge in [0.05, 0.1) is 6.10 Å². The molecule has 1 heterocycles. The number of ether oxygens (including phenoxy) is 1. The maximum atomic E-state index is 10.6. The molecule has 5 heteroatoms. The molecule has 0 amide bonds. The van der Waals surface area contributed by atoms with E-state index in [1.807, 2.05) is 25.1 Å². The molecule has 1 atom stereocenters. The number of halogens is 1. The van der Waals surface area contributed by atoms with Crippen LogP contribution in [-0.4, -0.2) is 36.9 Å². The summed E-state index contributed by atoms with van der Waals surface area (Å²) in [6.07, 6.45) is 5.28. The lowest BCUT2D eigenvalue weighted by molar-refractivity contribution is -0.131. The molecule has 21 heavy (non-hydrogen) atoms. The number of carboxylic acid groups (broad SMARTS) is 1. The summed E-state index contributed by atoms with van der Waals surface area (Å²) >= 11 is 3.51. The van der Waals surface area contributed by atoms with Gasteiger partial charge in [-0.15, -0.1) is 0 Å². The van der Waals surface area contributed by atoms with Gasteiger partial charge in [-0.05, 0) is 43.5 Å². The average Bonchev–Trinajstić information content (AvgIpc) is 2.46. The number of hydrogen-bond donors (Lipinski definition) is 1. The lowest BCUT2D eigenvalue weighted by Crippen LogP contribution is -2.39. The molecular formula is C16H20BrNO3. The van der Waals surface area contributed by atoms with Gasteiger partial charge in [0.25, 0.3) is 0 Å². The largest absolute Gasteiger partial charge is 0.478 e. The minimum atomic E-state index is -0.943. The molecule has 4 nitrogen and oxygen atoms in total. The molecule has 1 aliphatic rings. The second-order valence-corrected chi connectivity index (χ2v) is 5.90. The molecular weight excluding hydrogens is 334 g/mol. The number of carboxylic acids is 1. The van der Waals surface area contributed by atoms with E-state index >= 15 is 0 Å². The fourth-order valence-electron chi connectivity index (χ4n) is 2.55. The Morgan fingerprint density at radius 1 is 1.57 bits per heavy atom. The molecule has 114 valence electrons. The van der Waals surface area contributed by atoms with Crippen molar-refractivity contribution in [1.82, 2.24) is 0 Å². The van der Waals surface area contributed by atoms with Crippen molar-refractivity contribution in [2.75, 3.05) is 24.6 Å². The molecule has 0 aliphatic carbocycles. The second kappa shape index (κ2) is 7.61. The molecule has 1 aromatic carbocycles. The lowest BCUT2D eigenvalue weighted by atomic mass is 10.1. The highest BCUT2D eigenvalue weighted by molar-refractivity contribution is 9.10. The quantitative estimate of drug-likeness (QED) is 0.822. The minimum absolute atomic E-state index is 0.300. The van der Waals surface area contributed by atoms with E-state index in [9.17, 15) is 4.79 Å². The minimum Gasteiger partial charge on any atom is -0.478 e. The van der Waals surface area contributed by atoms with E-state index in [1.54, 1.807) is 6.08 Å². The molecule has 0 bridgehead atoms. The Morgan fingerprint density at radius 2 is 2.38 bits per heavy atom. The molecule has 1 aromatic rings. The third kappa shape index (κ3) is 4.58. The Kier molecular flexibility index (Phi) is 5.82. The number of piperidine rings is 1. The SMILES string of the molecule is CCOC1CCCN(c2ccc(/C=C/C(=O)O)c(Br)c2)C1. The third-order valence-electron chi connectivity index (χ3n) is 3.54. The summed E-state index contributed by atoms with van der Waals surface area (Å²) in [5, 5.41) is 8.68. The zero-order valence-corrected chi connectivity index (χ0v) is 13.7. The fourth-order valence-corrected chi connectivity index (χ4v) is 3.05. The summed E-state index contributed by atoms with van der Waals surface area (Å²) in [6.45, 7) is 4.71. The van der Waals surface area contributed by atoms with Gasteiger partial charge in [0.15, 0.2) is 0 Å². The Hall–Kier alpha value is -1.33. The third-order valence-corrected chi connectivity index (χ3v) is 4.22. The molecule has 2 rings (SSSR count). The summed E-state index contributed by atoms with van der Waals surface area (Å²) in [5.74, 6) is -0.943. The topological polar surface area (TPSA) is 49.8 Å². The maximum Gasteiger partial charge on any atom is 0.328 e. The number of nitrogens with zero attached hydrogens (tertiary/aromatic N) is 1. The van der Waals surface area contributed by atoms with Crippen molar-refractivity contribution < 1.29 is 14.6 Å². The van der Waals surface area contributed by atoms with Gasteiger partial charge in [0, 0.05) is 35.9 Å². The molecule has 1 saturated heterocycles. The highest BCUT2D eigenvalue weighted by Crippen LogP contribution is 2.27. The van der Waals surface area contributed by atoms with Crippen LogP contribution in [0.1, 0.15) is 25.3 Å². The first-order valence-electron chi connectivity index (χ1n) is 7.17. The maximum absolute atomic E-state index is 10.6. The monoisotopic (exact) mass is 353 g/mol. The van der Waals surface area contributed by atoms with Crippen molar-refractivity contribution in [2.45, 2.75) is 25.9 Å². The van der Waals surface area contributed by atoms with Crippen LogP contribution in [0.25, 0.3) is 6.08 Å². The zero-order chi connectivity index (χ0) is 15.2. The normalized spacial score (nSPS) is 19.1. The van der Waals surface area contributed by atoms with Crippen LogP contribution in [-0.2, 0) is 9.53 Å². The summed E-state index contributed by atoms with van der Waals surface area (Å²) in [6, 6.07) is 6.00. The standard InChI is InChI=1S/C16H20BrNO3/c1-2-21-14-4-3-9-18(11-14)13-7-5-12(15(17)10-13)6-8-16(19)20/h5-8,10,14H,2-4,9,11H2,1H3,(H,19,20)/b8-6+. The number of benzene rings is 1. The van der Waals surface area contributed by atoms with Gasteiger partial charge in [-0.3, -0.25) is 0 Å². The van der Waals surface area contributed by atoms with Crippen LogP contribution in [0.2, 0.25) is 0 Å². The van der Waals surface area contributed by atoms with Crippen LogP contribution in [0.3, 0.4) is 0 Å². The van der Waals surface area contributed by atoms with Crippen molar-refractivity contribution >= 4 is 33.7 Å². The van der Waals surface area contributed by atoms with Gasteiger partial charge in [-0.1, -0.05) is 22.0 Å². The Balaban J connectivity index is 2.10. The Bertz CT molecular complexity index is 528. The number of hydrogen-bond acceptors (Lipinski definition) is 3. The number of rotatable bonds is 5. The fraction of sp³-hybridized carbons (Fsp3) is 0.438. The highest BCUT2D eigenvalue weighted by atomic mass is 79.9. The lowest BCUT2D eigenvalue weighted by Gasteiger charge is -2.34. The highest BCUT2D eigenvalue weighted by Gasteiger charge is 2.20. The molecule has 1 unspecified atom stereocenters. The van der Waals surface area contributed by atoms with Crippen molar-refractivity contribution in [2.24, 2.45) is 0 Å². The predicted molar refractivity (Wildman–Crippen MR) is 87.7 cm³/mol. The molecule has 0 radical (unpaired) electrons. The number of aliphatic carboxylic acids is 1. The first-order valence-corrected chi connectivity index (χ1v) is 7.96. The van der Waals surface area contributed by atoms with E-state index in [0.717, 1.165) is 54.3 Å². The molecule has 0 saturated carbocycles. The summed E-state index contributed by atoms with van der Waals surface area (Å²) in [5.41, 5.74) is 2.00. The van der Waals surface area contributed by atoms with Gasteiger partial charge >= 0.3 is 5.97 Å². The van der Waals surface area contributed by atoms with Crippen molar-refractivity contribution in [3.63, 3.8) is 0 Å². The van der Waals surface area contributed by atoms with Gasteiger partial charge in [-0.2, -0.15) is 0 Å². The number of anilines is 1. The van der Waals surface area contributed by atoms with E-state index in [1.165, 1.54) is 0 Å². The van der Waals surface area contributed by atoms with Crippen LogP contribution >= 0.6 is 15.9 Å². The molecule has 0 spiro atoms. The Labute approximate surface area is 133 Å². The first kappa shape index (κ1) is 16.0. The van der Waals surface area contributed by atoms with Gasteiger partial charge in [0.1, 0.15) is 0 Å². The van der Waals surface area contributed by atoms with Crippen LogP contribution in [0, 0.1) is 0 Å². The average molecular weight is 354 g/mol. The molecule has 0 aromatic heterocycles. The Morgan fingerprint density at radius 3 is 3.05 bits per heavy atom. The number of carbonyl (C=O) groups is 1. The van der Waals surface area contributed by atoms with E-state index in [2.05, 4.69) is 20.8 Å². The smallest absolute Gasteiger partial charge is 0.328 e. The summed E-state index contributed by atoms with van der Waals surface area (Å²) < 4.78 is 6.62. The van der Waals surface area contributed by atoms with E-state index in [0.29, 0.717) is 6.10 Å². The molecule has 1 aliphatic heterocycles. The van der Waals surface area contributed by atoms with Crippen LogP contribution in [0.5, 0.6) is 0 Å². The van der Waals surface area contributed by atoms with E-state index in [4.69, 9.17) is 9.84 Å². The zero-order valence-electron chi connectivity index (χ0n) is 12.1. The van der Waals surface area contributed by atoms with Gasteiger partial charge in [0.2, 0.25) is 0 Å². The summed E-state index contributed by atoms with van der Waals surface area (Å²) in [4.78, 5) is 12.9. The summed E-state index contributed by atoms with van der Waals surface area (Å²) in [7, 11) is 0. The second-order valence-electron chi connectivity index (χ2n) is 5.04. The first-order chi connectivity index (χ1) is 10.1. The van der Waals surface area contributed by atoms with Crippen LogP contribution in [0.4, 0.5) is 5.69 Å². The van der Waals surface area contributed by atoms with Crippen LogP contribution in [0.15, 0.2) is 28.7 Å². The predicted octanol–water partition coefficient (Wildman–Crippen LogP) is 3.55. The van der Waals surface area contributed by atoms with E-state index < -0.39 is 5.97 Å². The molecule has 1 fully saturated rings. The van der Waals surface area contributed by atoms with Gasteiger partial charge < -0.3 is 14.7 Å². The van der Waals surface area contributed by atoms with Crippen molar-refractivity contribution in [3.8, 4) is 0 Å². The van der Waals surface area contributed by atoms with E-state index in [-0.39, 0.29) is 0 Å². The van der Waals surface area contributed by atoms with Crippen molar-refractivity contribution in [3.05, 3.63) is 34.3 Å². The van der Waals surface area contributed by atoms with Gasteiger partial charge in [-0.25, -0.2) is 4.79 Å². The molecule has 1 N–H and O–H groups in total. The van der Waals surface area contributed by atoms with Crippen molar-refractivity contribution in [1.29, 1.82) is 0 Å².